The zero-order valence-electron chi connectivity index (χ0n) is 13.6. The Kier molecular flexibility index (Phi) is 9.58. The molecule has 1 heterocycles. The number of guanidine groups is 1. The van der Waals surface area contributed by atoms with Crippen LogP contribution in [0.4, 0.5) is 0 Å². The quantitative estimate of drug-likeness (QED) is 0.344. The summed E-state index contributed by atoms with van der Waals surface area (Å²) in [5, 5.41) is 7.28. The maximum Gasteiger partial charge on any atom is 0.224 e. The lowest BCUT2D eigenvalue weighted by atomic mass is 9.93. The zero-order valence-corrected chi connectivity index (χ0v) is 16.7. The number of aliphatic imine (C=N–C) groups is 1. The van der Waals surface area contributed by atoms with Crippen LogP contribution in [0.2, 0.25) is 0 Å². The van der Waals surface area contributed by atoms with E-state index in [2.05, 4.69) is 27.5 Å². The Labute approximate surface area is 153 Å². The van der Waals surface area contributed by atoms with Crippen molar-refractivity contribution in [3.63, 3.8) is 0 Å². The number of nitrogens with one attached hydrogen (secondary N) is 2. The van der Waals surface area contributed by atoms with Gasteiger partial charge < -0.3 is 16.4 Å². The largest absolute Gasteiger partial charge is 0.369 e. The minimum atomic E-state index is -0.618. The summed E-state index contributed by atoms with van der Waals surface area (Å²) in [5.74, 6) is 0.332. The second-order valence-electron chi connectivity index (χ2n) is 5.37. The van der Waals surface area contributed by atoms with Crippen LogP contribution in [-0.2, 0) is 17.8 Å². The standard InChI is InChI=1S/C14H25N5OS.HI/c1-5-10-7-17-11(21-10)8-18-13(16-6-2)19-9-14(3,4)12(15)20;/h7H,5-6,8-9H2,1-4H3,(H2,15,20)(H2,16,18,19);1H. The summed E-state index contributed by atoms with van der Waals surface area (Å²) in [4.78, 5) is 21.4. The van der Waals surface area contributed by atoms with E-state index in [0.717, 1.165) is 18.0 Å². The van der Waals surface area contributed by atoms with E-state index in [1.54, 1.807) is 25.2 Å². The van der Waals surface area contributed by atoms with E-state index >= 15 is 0 Å². The number of nitrogens with zero attached hydrogens (tertiary/aromatic N) is 2. The predicted molar refractivity (Wildman–Crippen MR) is 103 cm³/mol. The van der Waals surface area contributed by atoms with Crippen LogP contribution in [-0.4, -0.2) is 29.9 Å². The molecule has 0 unspecified atom stereocenters. The van der Waals surface area contributed by atoms with Gasteiger partial charge in [0, 0.05) is 24.2 Å². The number of carbonyl (C=O) groups excluding carboxylic acids is 1. The van der Waals surface area contributed by atoms with Crippen molar-refractivity contribution in [2.24, 2.45) is 16.1 Å². The number of aromatic nitrogens is 1. The highest BCUT2D eigenvalue weighted by atomic mass is 127. The first-order valence-corrected chi connectivity index (χ1v) is 7.96. The van der Waals surface area contributed by atoms with Crippen molar-refractivity contribution in [1.29, 1.82) is 0 Å². The van der Waals surface area contributed by atoms with E-state index in [1.165, 1.54) is 4.88 Å². The van der Waals surface area contributed by atoms with E-state index in [9.17, 15) is 4.79 Å². The lowest BCUT2D eigenvalue weighted by Gasteiger charge is -2.22. The number of thiazole rings is 1. The lowest BCUT2D eigenvalue weighted by Crippen LogP contribution is -2.46. The van der Waals surface area contributed by atoms with Gasteiger partial charge in [0.1, 0.15) is 5.01 Å². The van der Waals surface area contributed by atoms with Crippen molar-refractivity contribution < 1.29 is 4.79 Å². The average Bonchev–Trinajstić information content (AvgIpc) is 2.89. The Hall–Kier alpha value is -0.900. The number of hydrogen-bond donors (Lipinski definition) is 3. The van der Waals surface area contributed by atoms with Crippen LogP contribution in [0.1, 0.15) is 37.6 Å². The first-order valence-electron chi connectivity index (χ1n) is 7.14. The summed E-state index contributed by atoms with van der Waals surface area (Å²) in [7, 11) is 0. The molecule has 8 heteroatoms. The molecule has 1 amide bonds. The normalized spacial score (nSPS) is 11.7. The van der Waals surface area contributed by atoms with Crippen molar-refractivity contribution in [2.75, 3.05) is 13.1 Å². The third kappa shape index (κ3) is 6.91. The predicted octanol–water partition coefficient (Wildman–Crippen LogP) is 1.89. The molecule has 0 spiro atoms. The monoisotopic (exact) mass is 439 g/mol. The number of carbonyl (C=O) groups is 1. The van der Waals surface area contributed by atoms with E-state index in [-0.39, 0.29) is 29.9 Å². The summed E-state index contributed by atoms with van der Waals surface area (Å²) in [6.07, 6.45) is 2.89. The molecule has 1 rings (SSSR count). The summed E-state index contributed by atoms with van der Waals surface area (Å²) in [6.45, 7) is 9.43. The van der Waals surface area contributed by atoms with Crippen LogP contribution in [0.15, 0.2) is 11.2 Å². The van der Waals surface area contributed by atoms with Crippen LogP contribution in [0.25, 0.3) is 0 Å². The average molecular weight is 439 g/mol. The van der Waals surface area contributed by atoms with Gasteiger partial charge in [0.05, 0.1) is 12.0 Å². The van der Waals surface area contributed by atoms with Gasteiger partial charge in [-0.2, -0.15) is 0 Å². The van der Waals surface area contributed by atoms with Crippen LogP contribution < -0.4 is 16.4 Å². The molecule has 0 bridgehead atoms. The molecular weight excluding hydrogens is 413 g/mol. The van der Waals surface area contributed by atoms with Crippen molar-refractivity contribution in [2.45, 2.75) is 40.7 Å². The molecule has 0 aliphatic heterocycles. The van der Waals surface area contributed by atoms with Crippen molar-refractivity contribution >= 4 is 47.2 Å². The van der Waals surface area contributed by atoms with E-state index in [4.69, 9.17) is 5.73 Å². The number of rotatable bonds is 7. The first kappa shape index (κ1) is 21.1. The minimum Gasteiger partial charge on any atom is -0.369 e. The Morgan fingerprint density at radius 2 is 2.09 bits per heavy atom. The molecule has 0 fully saturated rings. The minimum absolute atomic E-state index is 0. The number of halogens is 1. The maximum absolute atomic E-state index is 11.3. The van der Waals surface area contributed by atoms with Gasteiger partial charge >= 0.3 is 0 Å². The molecule has 0 saturated carbocycles. The second-order valence-corrected chi connectivity index (χ2v) is 6.57. The highest BCUT2D eigenvalue weighted by Crippen LogP contribution is 2.14. The molecule has 4 N–H and O–H groups in total. The molecule has 1 aromatic heterocycles. The Morgan fingerprint density at radius 3 is 2.59 bits per heavy atom. The van der Waals surface area contributed by atoms with Crippen LogP contribution in [0.3, 0.4) is 0 Å². The van der Waals surface area contributed by atoms with E-state index in [0.29, 0.717) is 19.0 Å². The van der Waals surface area contributed by atoms with Gasteiger partial charge in [-0.25, -0.2) is 9.98 Å². The molecule has 22 heavy (non-hydrogen) atoms. The van der Waals surface area contributed by atoms with Gasteiger partial charge in [-0.15, -0.1) is 35.3 Å². The van der Waals surface area contributed by atoms with Crippen molar-refractivity contribution in [1.82, 2.24) is 15.6 Å². The molecule has 0 atom stereocenters. The summed E-state index contributed by atoms with van der Waals surface area (Å²) < 4.78 is 0. The highest BCUT2D eigenvalue weighted by molar-refractivity contribution is 14.0. The van der Waals surface area contributed by atoms with Crippen molar-refractivity contribution in [3.05, 3.63) is 16.1 Å². The fourth-order valence-corrected chi connectivity index (χ4v) is 2.25. The molecule has 0 aliphatic rings. The molecule has 0 aliphatic carbocycles. The van der Waals surface area contributed by atoms with E-state index < -0.39 is 5.41 Å². The van der Waals surface area contributed by atoms with Gasteiger partial charge in [-0.3, -0.25) is 4.79 Å². The molecule has 1 aromatic rings. The van der Waals surface area contributed by atoms with Gasteiger partial charge in [0.15, 0.2) is 5.96 Å². The fourth-order valence-electron chi connectivity index (χ4n) is 1.46. The van der Waals surface area contributed by atoms with Crippen molar-refractivity contribution in [3.8, 4) is 0 Å². The van der Waals surface area contributed by atoms with Gasteiger partial charge in [0.2, 0.25) is 5.91 Å². The van der Waals surface area contributed by atoms with Gasteiger partial charge in [-0.1, -0.05) is 6.92 Å². The Bertz CT molecular complexity index is 501. The summed E-state index contributed by atoms with van der Waals surface area (Å²) in [6, 6.07) is 0. The molecule has 126 valence electrons. The van der Waals surface area contributed by atoms with Crippen LogP contribution in [0, 0.1) is 5.41 Å². The second kappa shape index (κ2) is 9.98. The summed E-state index contributed by atoms with van der Waals surface area (Å²) >= 11 is 1.67. The van der Waals surface area contributed by atoms with Gasteiger partial charge in [-0.05, 0) is 27.2 Å². The number of amides is 1. The molecule has 0 radical (unpaired) electrons. The SMILES string of the molecule is CCNC(=NCc1ncc(CC)s1)NCC(C)(C)C(N)=O.I. The lowest BCUT2D eigenvalue weighted by molar-refractivity contribution is -0.125. The number of aryl methyl sites for hydroxylation is 1. The molecule has 0 saturated heterocycles. The topological polar surface area (TPSA) is 92.4 Å². The Balaban J connectivity index is 0.00000441. The zero-order chi connectivity index (χ0) is 15.9. The first-order chi connectivity index (χ1) is 9.89. The van der Waals surface area contributed by atoms with Crippen LogP contribution in [0.5, 0.6) is 0 Å². The third-order valence-electron chi connectivity index (χ3n) is 3.03. The van der Waals surface area contributed by atoms with E-state index in [1.807, 2.05) is 13.1 Å². The molecule has 0 aromatic carbocycles. The number of hydrogen-bond acceptors (Lipinski definition) is 4. The summed E-state index contributed by atoms with van der Waals surface area (Å²) in [5.41, 5.74) is 4.75. The fraction of sp³-hybridized carbons (Fsp3) is 0.643. The third-order valence-corrected chi connectivity index (χ3v) is 4.16. The van der Waals surface area contributed by atoms with Crippen LogP contribution >= 0.6 is 35.3 Å². The smallest absolute Gasteiger partial charge is 0.224 e. The number of primary amides is 1. The molecular formula is C14H26IN5OS. The highest BCUT2D eigenvalue weighted by Gasteiger charge is 2.24. The Morgan fingerprint density at radius 1 is 1.41 bits per heavy atom. The van der Waals surface area contributed by atoms with Gasteiger partial charge in [0.25, 0.3) is 0 Å². The maximum atomic E-state index is 11.3. The number of nitrogens with two attached hydrogens (primary N) is 1. The molecule has 6 nitrogen and oxygen atoms in total.